The zero-order valence-corrected chi connectivity index (χ0v) is 10.9. The topological polar surface area (TPSA) is 62.0 Å². The molecule has 0 radical (unpaired) electrons. The van der Waals surface area contributed by atoms with Gasteiger partial charge in [-0.3, -0.25) is 9.59 Å². The van der Waals surface area contributed by atoms with Crippen LogP contribution in [-0.4, -0.2) is 22.7 Å². The van der Waals surface area contributed by atoms with Crippen LogP contribution >= 0.6 is 0 Å². The van der Waals surface area contributed by atoms with Crippen molar-refractivity contribution in [1.82, 2.24) is 10.3 Å². The van der Waals surface area contributed by atoms with Crippen molar-refractivity contribution >= 4 is 22.6 Å². The van der Waals surface area contributed by atoms with Gasteiger partial charge in [-0.25, -0.2) is 4.39 Å². The van der Waals surface area contributed by atoms with E-state index in [-0.39, 0.29) is 17.4 Å². The lowest BCUT2D eigenvalue weighted by atomic mass is 10.1. The lowest BCUT2D eigenvalue weighted by Gasteiger charge is -2.10. The van der Waals surface area contributed by atoms with E-state index >= 15 is 0 Å². The number of H-pyrrole nitrogens is 1. The maximum Gasteiger partial charge on any atom is 0.292 e. The van der Waals surface area contributed by atoms with Crippen LogP contribution < -0.4 is 5.32 Å². The number of benzene rings is 1. The summed E-state index contributed by atoms with van der Waals surface area (Å²) in [7, 11) is 0. The predicted molar refractivity (Wildman–Crippen MR) is 73.0 cm³/mol. The standard InChI is InChI=1S/C15H15FN2O2/c16-9-5-6-11-12(8-17-13(11)7-9)14(19)15(20)18-10-3-1-2-4-10/h5-8,10,17H,1-4H2,(H,18,20). The number of rotatable bonds is 3. The van der Waals surface area contributed by atoms with E-state index in [0.717, 1.165) is 25.7 Å². The number of aromatic nitrogens is 1. The Labute approximate surface area is 115 Å². The van der Waals surface area contributed by atoms with Crippen molar-refractivity contribution in [2.75, 3.05) is 0 Å². The molecule has 5 heteroatoms. The summed E-state index contributed by atoms with van der Waals surface area (Å²) in [5.41, 5.74) is 0.803. The van der Waals surface area contributed by atoms with Gasteiger partial charge in [0.15, 0.2) is 0 Å². The van der Waals surface area contributed by atoms with Crippen LogP contribution in [0.25, 0.3) is 10.9 Å². The van der Waals surface area contributed by atoms with Crippen molar-refractivity contribution in [2.24, 2.45) is 0 Å². The molecular formula is C15H15FN2O2. The largest absolute Gasteiger partial charge is 0.360 e. The van der Waals surface area contributed by atoms with Crippen molar-refractivity contribution < 1.29 is 14.0 Å². The molecule has 4 nitrogen and oxygen atoms in total. The predicted octanol–water partition coefficient (Wildman–Crippen LogP) is 2.55. The van der Waals surface area contributed by atoms with Crippen molar-refractivity contribution in [3.8, 4) is 0 Å². The molecule has 20 heavy (non-hydrogen) atoms. The van der Waals surface area contributed by atoms with E-state index in [2.05, 4.69) is 10.3 Å². The third-order valence-electron chi connectivity index (χ3n) is 3.79. The lowest BCUT2D eigenvalue weighted by molar-refractivity contribution is -0.117. The highest BCUT2D eigenvalue weighted by Crippen LogP contribution is 2.21. The quantitative estimate of drug-likeness (QED) is 0.667. The van der Waals surface area contributed by atoms with Crippen LogP contribution in [0, 0.1) is 5.82 Å². The second kappa shape index (κ2) is 5.07. The molecule has 2 aromatic rings. The van der Waals surface area contributed by atoms with Crippen molar-refractivity contribution in [3.63, 3.8) is 0 Å². The number of nitrogens with one attached hydrogen (secondary N) is 2. The number of carbonyl (C=O) groups excluding carboxylic acids is 2. The monoisotopic (exact) mass is 274 g/mol. The number of halogens is 1. The number of hydrogen-bond donors (Lipinski definition) is 2. The molecule has 2 N–H and O–H groups in total. The highest BCUT2D eigenvalue weighted by molar-refractivity contribution is 6.45. The molecule has 1 amide bonds. The Morgan fingerprint density at radius 1 is 1.25 bits per heavy atom. The maximum absolute atomic E-state index is 13.1. The van der Waals surface area contributed by atoms with Gasteiger partial charge in [-0.15, -0.1) is 0 Å². The zero-order chi connectivity index (χ0) is 14.1. The number of Topliss-reactive ketones (excluding diaryl/α,β-unsaturated/α-hetero) is 1. The molecule has 0 spiro atoms. The maximum atomic E-state index is 13.1. The molecule has 1 aromatic carbocycles. The molecule has 3 rings (SSSR count). The summed E-state index contributed by atoms with van der Waals surface area (Å²) in [6.45, 7) is 0. The van der Waals surface area contributed by atoms with Crippen molar-refractivity contribution in [1.29, 1.82) is 0 Å². The third-order valence-corrected chi connectivity index (χ3v) is 3.79. The van der Waals surface area contributed by atoms with Gasteiger partial charge in [-0.1, -0.05) is 12.8 Å². The molecule has 0 unspecified atom stereocenters. The van der Waals surface area contributed by atoms with Crippen molar-refractivity contribution in [3.05, 3.63) is 35.8 Å². The second-order valence-corrected chi connectivity index (χ2v) is 5.18. The number of fused-ring (bicyclic) bond motifs is 1. The average Bonchev–Trinajstić information content (AvgIpc) is 3.06. The van der Waals surface area contributed by atoms with Gasteiger partial charge in [0.25, 0.3) is 11.7 Å². The summed E-state index contributed by atoms with van der Waals surface area (Å²) in [4.78, 5) is 26.9. The Kier molecular flexibility index (Phi) is 3.26. The fraction of sp³-hybridized carbons (Fsp3) is 0.333. The van der Waals surface area contributed by atoms with Crippen LogP contribution in [0.5, 0.6) is 0 Å². The molecule has 1 aliphatic carbocycles. The van der Waals surface area contributed by atoms with E-state index < -0.39 is 11.7 Å². The Bertz CT molecular complexity index is 672. The first-order valence-corrected chi connectivity index (χ1v) is 6.77. The lowest BCUT2D eigenvalue weighted by Crippen LogP contribution is -2.37. The summed E-state index contributed by atoms with van der Waals surface area (Å²) >= 11 is 0. The fourth-order valence-corrected chi connectivity index (χ4v) is 2.73. The third kappa shape index (κ3) is 2.31. The van der Waals surface area contributed by atoms with E-state index in [1.165, 1.54) is 24.4 Å². The van der Waals surface area contributed by atoms with Gasteiger partial charge in [-0.2, -0.15) is 0 Å². The van der Waals surface area contributed by atoms with E-state index in [1.807, 2.05) is 0 Å². The summed E-state index contributed by atoms with van der Waals surface area (Å²) in [5.74, 6) is -1.54. The number of hydrogen-bond acceptors (Lipinski definition) is 2. The van der Waals surface area contributed by atoms with Crippen LogP contribution in [-0.2, 0) is 4.79 Å². The van der Waals surface area contributed by atoms with E-state index in [9.17, 15) is 14.0 Å². The molecular weight excluding hydrogens is 259 g/mol. The number of carbonyl (C=O) groups is 2. The van der Waals surface area contributed by atoms with E-state index in [4.69, 9.17) is 0 Å². The van der Waals surface area contributed by atoms with Gasteiger partial charge < -0.3 is 10.3 Å². The number of aromatic amines is 1. The van der Waals surface area contributed by atoms with E-state index in [0.29, 0.717) is 10.9 Å². The average molecular weight is 274 g/mol. The summed E-state index contributed by atoms with van der Waals surface area (Å²) < 4.78 is 13.1. The van der Waals surface area contributed by atoms with Gasteiger partial charge in [0.1, 0.15) is 5.82 Å². The van der Waals surface area contributed by atoms with Gasteiger partial charge in [0.05, 0.1) is 5.56 Å². The molecule has 0 bridgehead atoms. The number of amides is 1. The van der Waals surface area contributed by atoms with Gasteiger partial charge >= 0.3 is 0 Å². The van der Waals surface area contributed by atoms with E-state index in [1.54, 1.807) is 0 Å². The SMILES string of the molecule is O=C(NC1CCCC1)C(=O)c1c[nH]c2cc(F)ccc12. The molecule has 0 atom stereocenters. The Balaban J connectivity index is 1.82. The summed E-state index contributed by atoms with van der Waals surface area (Å²) in [5, 5.41) is 3.33. The molecule has 1 saturated carbocycles. The van der Waals surface area contributed by atoms with Gasteiger partial charge in [0.2, 0.25) is 0 Å². The Morgan fingerprint density at radius 3 is 2.75 bits per heavy atom. The Morgan fingerprint density at radius 2 is 2.00 bits per heavy atom. The normalized spacial score (nSPS) is 15.7. The first-order valence-electron chi connectivity index (χ1n) is 6.77. The zero-order valence-electron chi connectivity index (χ0n) is 10.9. The first kappa shape index (κ1) is 12.8. The van der Waals surface area contributed by atoms with Crippen LogP contribution in [0.2, 0.25) is 0 Å². The van der Waals surface area contributed by atoms with Crippen LogP contribution in [0.3, 0.4) is 0 Å². The highest BCUT2D eigenvalue weighted by atomic mass is 19.1. The van der Waals surface area contributed by atoms with Crippen LogP contribution in [0.15, 0.2) is 24.4 Å². The van der Waals surface area contributed by atoms with Gasteiger partial charge in [-0.05, 0) is 31.0 Å². The highest BCUT2D eigenvalue weighted by Gasteiger charge is 2.24. The summed E-state index contributed by atoms with van der Waals surface area (Å²) in [6, 6.07) is 4.20. The molecule has 1 aliphatic rings. The molecule has 0 saturated heterocycles. The minimum Gasteiger partial charge on any atom is -0.360 e. The summed E-state index contributed by atoms with van der Waals surface area (Å²) in [6.07, 6.45) is 5.49. The van der Waals surface area contributed by atoms with Crippen molar-refractivity contribution in [2.45, 2.75) is 31.7 Å². The molecule has 1 heterocycles. The molecule has 104 valence electrons. The second-order valence-electron chi connectivity index (χ2n) is 5.18. The minimum absolute atomic E-state index is 0.106. The smallest absolute Gasteiger partial charge is 0.292 e. The van der Waals surface area contributed by atoms with Crippen LogP contribution in [0.1, 0.15) is 36.0 Å². The molecule has 1 aromatic heterocycles. The Hall–Kier alpha value is -2.17. The minimum atomic E-state index is -0.581. The molecule has 0 aliphatic heterocycles. The number of ketones is 1. The molecule has 1 fully saturated rings. The van der Waals surface area contributed by atoms with Gasteiger partial charge in [0, 0.05) is 23.1 Å². The van der Waals surface area contributed by atoms with Crippen LogP contribution in [0.4, 0.5) is 4.39 Å². The fourth-order valence-electron chi connectivity index (χ4n) is 2.73. The first-order chi connectivity index (χ1) is 9.65.